The van der Waals surface area contributed by atoms with Crippen LogP contribution in [0.1, 0.15) is 37.0 Å². The molecular weight excluding hydrogens is 410 g/mol. The van der Waals surface area contributed by atoms with Crippen LogP contribution >= 0.6 is 0 Å². The van der Waals surface area contributed by atoms with Crippen molar-refractivity contribution in [1.82, 2.24) is 0 Å². The molecule has 0 radical (unpaired) electrons. The molecule has 1 N–H and O–H groups in total. The second-order valence-corrected chi connectivity index (χ2v) is 8.64. The lowest BCUT2D eigenvalue weighted by Gasteiger charge is -2.32. The molecule has 1 amide bonds. The molecule has 0 saturated carbocycles. The third kappa shape index (κ3) is 4.28. The van der Waals surface area contributed by atoms with Crippen LogP contribution in [0.4, 0.5) is 5.69 Å². The number of ether oxygens (including phenoxy) is 3. The van der Waals surface area contributed by atoms with Gasteiger partial charge in [-0.25, -0.2) is 4.79 Å². The Bertz CT molecular complexity index is 1240. The molecule has 0 spiro atoms. The fourth-order valence-electron chi connectivity index (χ4n) is 3.99. The van der Waals surface area contributed by atoms with Gasteiger partial charge in [-0.2, -0.15) is 0 Å². The summed E-state index contributed by atoms with van der Waals surface area (Å²) in [7, 11) is 3.07. The molecule has 7 nitrogen and oxygen atoms in total. The topological polar surface area (TPSA) is 87.0 Å². The number of hydrogen-bond acceptors (Lipinski definition) is 6. The smallest absolute Gasteiger partial charge is 0.340 e. The van der Waals surface area contributed by atoms with Crippen molar-refractivity contribution in [2.24, 2.45) is 0 Å². The Kier molecular flexibility index (Phi) is 5.59. The lowest BCUT2D eigenvalue weighted by Crippen LogP contribution is -2.32. The van der Waals surface area contributed by atoms with Crippen LogP contribution < -0.4 is 25.2 Å². The molecule has 1 aromatic heterocycles. The molecule has 2 heterocycles. The van der Waals surface area contributed by atoms with Gasteiger partial charge in [-0.3, -0.25) is 4.79 Å². The third-order valence-corrected chi connectivity index (χ3v) is 5.82. The quantitative estimate of drug-likeness (QED) is 0.595. The summed E-state index contributed by atoms with van der Waals surface area (Å²) in [6.07, 6.45) is 1.68. The van der Waals surface area contributed by atoms with Crippen molar-refractivity contribution in [3.05, 3.63) is 57.4 Å². The minimum Gasteiger partial charge on any atom is -0.497 e. The highest BCUT2D eigenvalue weighted by molar-refractivity contribution is 5.94. The summed E-state index contributed by atoms with van der Waals surface area (Å²) >= 11 is 0. The zero-order valence-corrected chi connectivity index (χ0v) is 19.0. The second kappa shape index (κ2) is 8.22. The number of aryl methyl sites for hydroxylation is 2. The number of amides is 1. The van der Waals surface area contributed by atoms with E-state index in [4.69, 9.17) is 18.6 Å². The molecule has 3 aromatic rings. The van der Waals surface area contributed by atoms with Gasteiger partial charge in [0.15, 0.2) is 0 Å². The van der Waals surface area contributed by atoms with E-state index in [-0.39, 0.29) is 17.9 Å². The Morgan fingerprint density at radius 3 is 2.44 bits per heavy atom. The Morgan fingerprint density at radius 1 is 1.09 bits per heavy atom. The van der Waals surface area contributed by atoms with Crippen molar-refractivity contribution >= 4 is 22.6 Å². The molecule has 0 bridgehead atoms. The lowest BCUT2D eigenvalue weighted by atomic mass is 9.92. The first-order valence-corrected chi connectivity index (χ1v) is 10.5. The van der Waals surface area contributed by atoms with Gasteiger partial charge in [0.05, 0.1) is 26.2 Å². The van der Waals surface area contributed by atoms with Gasteiger partial charge in [-0.05, 0) is 50.8 Å². The molecule has 0 atom stereocenters. The predicted molar refractivity (Wildman–Crippen MR) is 122 cm³/mol. The zero-order chi connectivity index (χ0) is 23.0. The second-order valence-electron chi connectivity index (χ2n) is 8.64. The normalized spacial score (nSPS) is 14.4. The highest BCUT2D eigenvalue weighted by Gasteiger charge is 2.28. The highest BCUT2D eigenvalue weighted by atomic mass is 16.5. The van der Waals surface area contributed by atoms with Gasteiger partial charge < -0.3 is 23.9 Å². The average molecular weight is 437 g/mol. The van der Waals surface area contributed by atoms with Gasteiger partial charge in [0.2, 0.25) is 5.91 Å². The van der Waals surface area contributed by atoms with Gasteiger partial charge in [0.1, 0.15) is 28.4 Å². The van der Waals surface area contributed by atoms with Crippen molar-refractivity contribution in [3.8, 4) is 17.2 Å². The average Bonchev–Trinajstić information content (AvgIpc) is 2.74. The maximum atomic E-state index is 12.7. The van der Waals surface area contributed by atoms with Gasteiger partial charge in [-0.1, -0.05) is 0 Å². The number of fused-ring (bicyclic) bond motifs is 2. The van der Waals surface area contributed by atoms with E-state index in [1.807, 2.05) is 26.8 Å². The number of benzene rings is 2. The van der Waals surface area contributed by atoms with Crippen molar-refractivity contribution in [2.75, 3.05) is 19.5 Å². The van der Waals surface area contributed by atoms with Crippen molar-refractivity contribution in [2.45, 2.75) is 45.6 Å². The van der Waals surface area contributed by atoms with Gasteiger partial charge in [0, 0.05) is 35.3 Å². The van der Waals surface area contributed by atoms with Gasteiger partial charge >= 0.3 is 5.63 Å². The molecule has 0 saturated heterocycles. The van der Waals surface area contributed by atoms with Crippen LogP contribution in [0.15, 0.2) is 39.5 Å². The number of carbonyl (C=O) groups excluding carboxylic acids is 1. The number of rotatable bonds is 5. The van der Waals surface area contributed by atoms with E-state index in [2.05, 4.69) is 5.32 Å². The standard InChI is InChI=1S/C25H27NO6/c1-14-19-8-15-6-7-25(2,3)32-21(15)13-22(19)31-24(28)20(14)12-23(27)26-16-9-17(29-4)11-18(10-16)30-5/h8-11,13H,6-7,12H2,1-5H3,(H,26,27). The molecule has 168 valence electrons. The Morgan fingerprint density at radius 2 is 1.78 bits per heavy atom. The summed E-state index contributed by atoms with van der Waals surface area (Å²) in [5.41, 5.74) is 2.35. The van der Waals surface area contributed by atoms with E-state index >= 15 is 0 Å². The van der Waals surface area contributed by atoms with E-state index in [0.29, 0.717) is 28.3 Å². The highest BCUT2D eigenvalue weighted by Crippen LogP contribution is 2.36. The lowest BCUT2D eigenvalue weighted by molar-refractivity contribution is -0.115. The molecule has 0 fully saturated rings. The number of carbonyl (C=O) groups is 1. The van der Waals surface area contributed by atoms with E-state index in [1.165, 1.54) is 14.2 Å². The molecule has 0 aliphatic carbocycles. The van der Waals surface area contributed by atoms with Crippen LogP contribution in [0, 0.1) is 6.92 Å². The summed E-state index contributed by atoms with van der Waals surface area (Å²) in [6.45, 7) is 5.93. The van der Waals surface area contributed by atoms with Gasteiger partial charge in [-0.15, -0.1) is 0 Å². The molecule has 1 aliphatic rings. The molecule has 7 heteroatoms. The van der Waals surface area contributed by atoms with Crippen LogP contribution in [0.25, 0.3) is 11.0 Å². The summed E-state index contributed by atoms with van der Waals surface area (Å²) < 4.78 is 22.1. The van der Waals surface area contributed by atoms with Crippen LogP contribution in [0.5, 0.6) is 17.2 Å². The first kappa shape index (κ1) is 21.7. The SMILES string of the molecule is COc1cc(NC(=O)Cc2c(C)c3cc4c(cc3oc2=O)OC(C)(C)CC4)cc(OC)c1. The maximum Gasteiger partial charge on any atom is 0.340 e. The minimum absolute atomic E-state index is 0.107. The Balaban J connectivity index is 1.63. The molecule has 2 aromatic carbocycles. The largest absolute Gasteiger partial charge is 0.497 e. The number of methoxy groups -OCH3 is 2. The summed E-state index contributed by atoms with van der Waals surface area (Å²) in [6, 6.07) is 8.87. The Hall–Kier alpha value is -3.48. The summed E-state index contributed by atoms with van der Waals surface area (Å²) in [5.74, 6) is 1.51. The molecule has 32 heavy (non-hydrogen) atoms. The number of nitrogens with one attached hydrogen (secondary N) is 1. The van der Waals surface area contributed by atoms with E-state index < -0.39 is 5.63 Å². The number of hydrogen-bond donors (Lipinski definition) is 1. The molecule has 1 aliphatic heterocycles. The summed E-state index contributed by atoms with van der Waals surface area (Å²) in [4.78, 5) is 25.4. The predicted octanol–water partition coefficient (Wildman–Crippen LogP) is 4.40. The van der Waals surface area contributed by atoms with E-state index in [0.717, 1.165) is 35.1 Å². The zero-order valence-electron chi connectivity index (χ0n) is 19.0. The monoisotopic (exact) mass is 437 g/mol. The third-order valence-electron chi connectivity index (χ3n) is 5.82. The molecular formula is C25H27NO6. The van der Waals surface area contributed by atoms with Crippen LogP contribution in [0.2, 0.25) is 0 Å². The van der Waals surface area contributed by atoms with Crippen LogP contribution in [0.3, 0.4) is 0 Å². The number of anilines is 1. The molecule has 0 unspecified atom stereocenters. The fraction of sp³-hybridized carbons (Fsp3) is 0.360. The van der Waals surface area contributed by atoms with Crippen molar-refractivity contribution < 1.29 is 23.4 Å². The fourth-order valence-corrected chi connectivity index (χ4v) is 3.99. The van der Waals surface area contributed by atoms with Crippen LogP contribution in [-0.2, 0) is 17.6 Å². The first-order chi connectivity index (χ1) is 15.2. The van der Waals surface area contributed by atoms with Crippen molar-refractivity contribution in [3.63, 3.8) is 0 Å². The van der Waals surface area contributed by atoms with E-state index in [1.54, 1.807) is 24.3 Å². The maximum absolute atomic E-state index is 12.7. The van der Waals surface area contributed by atoms with Crippen molar-refractivity contribution in [1.29, 1.82) is 0 Å². The first-order valence-electron chi connectivity index (χ1n) is 10.5. The summed E-state index contributed by atoms with van der Waals surface area (Å²) in [5, 5.41) is 3.62. The van der Waals surface area contributed by atoms with Crippen LogP contribution in [-0.4, -0.2) is 25.7 Å². The molecule has 4 rings (SSSR count). The van der Waals surface area contributed by atoms with Gasteiger partial charge in [0.25, 0.3) is 0 Å². The Labute approximate surface area is 186 Å². The minimum atomic E-state index is -0.525. The van der Waals surface area contributed by atoms with E-state index in [9.17, 15) is 9.59 Å².